The van der Waals surface area contributed by atoms with E-state index in [4.69, 9.17) is 5.73 Å². The van der Waals surface area contributed by atoms with Gasteiger partial charge in [-0.05, 0) is 17.4 Å². The van der Waals surface area contributed by atoms with Gasteiger partial charge in [0.2, 0.25) is 5.95 Å². The number of nitrogens with zero attached hydrogens (tertiary/aromatic N) is 4. The third-order valence-corrected chi connectivity index (χ3v) is 1.01. The second-order valence-corrected chi connectivity index (χ2v) is 1.78. The van der Waals surface area contributed by atoms with Crippen LogP contribution in [0.15, 0.2) is 0 Å². The summed E-state index contributed by atoms with van der Waals surface area (Å²) in [7, 11) is 0. The quantitative estimate of drug-likeness (QED) is 0.499. The van der Waals surface area contributed by atoms with E-state index in [1.165, 1.54) is 0 Å². The van der Waals surface area contributed by atoms with Crippen LogP contribution in [-0.4, -0.2) is 32.8 Å². The molecule has 1 heterocycles. The zero-order chi connectivity index (χ0) is 8.27. The standard InChI is InChI=1S/C4H8N6O/c1-2-6-4(11)10-3(5)7-8-9-10/h2H2,1H3,(H,6,11)(H2,5,7,9). The van der Waals surface area contributed by atoms with E-state index >= 15 is 0 Å². The highest BCUT2D eigenvalue weighted by molar-refractivity contribution is 5.77. The number of aromatic nitrogens is 4. The van der Waals surface area contributed by atoms with Gasteiger partial charge in [-0.2, -0.15) is 0 Å². The molecule has 0 aromatic carbocycles. The van der Waals surface area contributed by atoms with E-state index in [-0.39, 0.29) is 5.95 Å². The predicted octanol–water partition coefficient (Wildman–Crippen LogP) is -1.17. The molecule has 60 valence electrons. The molecule has 7 heteroatoms. The van der Waals surface area contributed by atoms with Crippen LogP contribution in [0.25, 0.3) is 0 Å². The van der Waals surface area contributed by atoms with Gasteiger partial charge in [-0.25, -0.2) is 4.79 Å². The van der Waals surface area contributed by atoms with Crippen LogP contribution in [0.5, 0.6) is 0 Å². The maximum absolute atomic E-state index is 11.0. The third kappa shape index (κ3) is 1.42. The summed E-state index contributed by atoms with van der Waals surface area (Å²) < 4.78 is 0.892. The highest BCUT2D eigenvalue weighted by Crippen LogP contribution is 1.89. The second-order valence-electron chi connectivity index (χ2n) is 1.78. The van der Waals surface area contributed by atoms with Crippen LogP contribution in [0.4, 0.5) is 10.7 Å². The van der Waals surface area contributed by atoms with Crippen LogP contribution in [0.2, 0.25) is 0 Å². The van der Waals surface area contributed by atoms with Crippen molar-refractivity contribution in [2.75, 3.05) is 12.3 Å². The van der Waals surface area contributed by atoms with Crippen LogP contribution < -0.4 is 11.1 Å². The Kier molecular flexibility index (Phi) is 2.00. The first kappa shape index (κ1) is 7.45. The first-order valence-electron chi connectivity index (χ1n) is 3.07. The minimum Gasteiger partial charge on any atom is -0.366 e. The Balaban J connectivity index is 2.76. The third-order valence-electron chi connectivity index (χ3n) is 1.01. The number of carbonyl (C=O) groups is 1. The van der Waals surface area contributed by atoms with Gasteiger partial charge < -0.3 is 11.1 Å². The lowest BCUT2D eigenvalue weighted by Crippen LogP contribution is -2.30. The lowest BCUT2D eigenvalue weighted by molar-refractivity contribution is 0.240. The van der Waals surface area contributed by atoms with E-state index in [0.717, 1.165) is 4.68 Å². The molecule has 11 heavy (non-hydrogen) atoms. The first-order chi connectivity index (χ1) is 5.25. The fourth-order valence-electron chi connectivity index (χ4n) is 0.565. The molecule has 0 unspecified atom stereocenters. The molecule has 7 nitrogen and oxygen atoms in total. The molecule has 0 spiro atoms. The largest absolute Gasteiger partial charge is 0.366 e. The summed E-state index contributed by atoms with van der Waals surface area (Å²) in [5.74, 6) is -0.0176. The second kappa shape index (κ2) is 2.95. The molecule has 0 bridgehead atoms. The van der Waals surface area contributed by atoms with E-state index in [0.29, 0.717) is 6.54 Å². The number of tetrazole rings is 1. The van der Waals surface area contributed by atoms with Crippen LogP contribution in [0.1, 0.15) is 6.92 Å². The van der Waals surface area contributed by atoms with Crippen LogP contribution in [0, 0.1) is 0 Å². The van der Waals surface area contributed by atoms with E-state index in [1.807, 2.05) is 0 Å². The van der Waals surface area contributed by atoms with Gasteiger partial charge in [0, 0.05) is 6.54 Å². The Morgan fingerprint density at radius 1 is 1.82 bits per heavy atom. The minimum atomic E-state index is -0.421. The molecule has 1 amide bonds. The monoisotopic (exact) mass is 156 g/mol. The number of anilines is 1. The molecule has 1 rings (SSSR count). The van der Waals surface area contributed by atoms with E-state index in [1.54, 1.807) is 6.92 Å². The molecule has 0 radical (unpaired) electrons. The zero-order valence-corrected chi connectivity index (χ0v) is 5.98. The van der Waals surface area contributed by atoms with Crippen molar-refractivity contribution < 1.29 is 4.79 Å². The molecule has 1 aromatic heterocycles. The molecule has 0 aliphatic heterocycles. The van der Waals surface area contributed by atoms with Gasteiger partial charge in [0.1, 0.15) is 0 Å². The van der Waals surface area contributed by atoms with Gasteiger partial charge in [0.25, 0.3) is 0 Å². The lowest BCUT2D eigenvalue weighted by atomic mass is 10.7. The number of hydrogen-bond donors (Lipinski definition) is 2. The highest BCUT2D eigenvalue weighted by atomic mass is 16.2. The summed E-state index contributed by atoms with van der Waals surface area (Å²) in [6, 6.07) is -0.421. The molecule has 1 aromatic rings. The number of amides is 1. The maximum Gasteiger partial charge on any atom is 0.346 e. The molecule has 0 saturated heterocycles. The molecular weight excluding hydrogens is 148 g/mol. The summed E-state index contributed by atoms with van der Waals surface area (Å²) >= 11 is 0. The van der Waals surface area contributed by atoms with Crippen molar-refractivity contribution >= 4 is 12.0 Å². The first-order valence-corrected chi connectivity index (χ1v) is 3.07. The minimum absolute atomic E-state index is 0.0176. The summed E-state index contributed by atoms with van der Waals surface area (Å²) in [4.78, 5) is 11.0. The number of nitrogens with two attached hydrogens (primary N) is 1. The van der Waals surface area contributed by atoms with Crippen molar-refractivity contribution in [3.05, 3.63) is 0 Å². The summed E-state index contributed by atoms with van der Waals surface area (Å²) in [5.41, 5.74) is 5.24. The summed E-state index contributed by atoms with van der Waals surface area (Å²) in [6.07, 6.45) is 0. The van der Waals surface area contributed by atoms with E-state index in [9.17, 15) is 4.79 Å². The van der Waals surface area contributed by atoms with Gasteiger partial charge in [-0.3, -0.25) is 0 Å². The molecule has 3 N–H and O–H groups in total. The van der Waals surface area contributed by atoms with Crippen LogP contribution in [0.3, 0.4) is 0 Å². The van der Waals surface area contributed by atoms with Crippen molar-refractivity contribution in [1.29, 1.82) is 0 Å². The van der Waals surface area contributed by atoms with Crippen molar-refractivity contribution in [3.63, 3.8) is 0 Å². The van der Waals surface area contributed by atoms with Crippen molar-refractivity contribution in [2.24, 2.45) is 0 Å². The number of carbonyl (C=O) groups excluding carboxylic acids is 1. The smallest absolute Gasteiger partial charge is 0.346 e. The van der Waals surface area contributed by atoms with Crippen molar-refractivity contribution in [1.82, 2.24) is 25.5 Å². The van der Waals surface area contributed by atoms with Gasteiger partial charge in [-0.1, -0.05) is 5.10 Å². The van der Waals surface area contributed by atoms with Crippen molar-refractivity contribution in [3.8, 4) is 0 Å². The molecular formula is C4H8N6O. The Morgan fingerprint density at radius 3 is 3.00 bits per heavy atom. The zero-order valence-electron chi connectivity index (χ0n) is 5.98. The Bertz CT molecular complexity index is 255. The van der Waals surface area contributed by atoms with E-state index < -0.39 is 6.03 Å². The van der Waals surface area contributed by atoms with Gasteiger partial charge >= 0.3 is 6.03 Å². The lowest BCUT2D eigenvalue weighted by Gasteiger charge is -1.98. The molecule has 0 aliphatic rings. The highest BCUT2D eigenvalue weighted by Gasteiger charge is 2.08. The molecule has 0 fully saturated rings. The number of rotatable bonds is 1. The average molecular weight is 156 g/mol. The van der Waals surface area contributed by atoms with E-state index in [2.05, 4.69) is 20.8 Å². The van der Waals surface area contributed by atoms with Gasteiger partial charge in [0.15, 0.2) is 0 Å². The van der Waals surface area contributed by atoms with Crippen molar-refractivity contribution in [2.45, 2.75) is 6.92 Å². The summed E-state index contributed by atoms with van der Waals surface area (Å²) in [5, 5.41) is 12.4. The van der Waals surface area contributed by atoms with Crippen LogP contribution in [-0.2, 0) is 0 Å². The average Bonchev–Trinajstić information content (AvgIpc) is 2.36. The fourth-order valence-corrected chi connectivity index (χ4v) is 0.565. The Labute approximate surface area is 62.6 Å². The molecule has 0 aliphatic carbocycles. The summed E-state index contributed by atoms with van der Waals surface area (Å²) in [6.45, 7) is 2.30. The Morgan fingerprint density at radius 2 is 2.55 bits per heavy atom. The fraction of sp³-hybridized carbons (Fsp3) is 0.500. The number of hydrogen-bond acceptors (Lipinski definition) is 5. The molecule has 0 saturated carbocycles. The number of nitrogens with one attached hydrogen (secondary N) is 1. The van der Waals surface area contributed by atoms with Gasteiger partial charge in [-0.15, -0.1) is 4.68 Å². The van der Waals surface area contributed by atoms with Crippen LogP contribution >= 0.6 is 0 Å². The Hall–Kier alpha value is -1.66. The number of nitrogen functional groups attached to an aromatic ring is 1. The SMILES string of the molecule is CCNC(=O)n1nnnc1N. The maximum atomic E-state index is 11.0. The normalized spacial score (nSPS) is 9.55. The predicted molar refractivity (Wildman–Crippen MR) is 36.7 cm³/mol. The van der Waals surface area contributed by atoms with Gasteiger partial charge in [0.05, 0.1) is 0 Å². The topological polar surface area (TPSA) is 98.7 Å². The molecule has 0 atom stereocenters.